The van der Waals surface area contributed by atoms with Crippen molar-refractivity contribution < 1.29 is 19.1 Å². The van der Waals surface area contributed by atoms with Gasteiger partial charge in [-0.1, -0.05) is 6.07 Å². The Kier molecular flexibility index (Phi) is 6.66. The number of piperidine rings is 2. The average molecular weight is 486 g/mol. The second-order valence-corrected chi connectivity index (χ2v) is 10.6. The fraction of sp³-hybridized carbons (Fsp3) is 0.600. The summed E-state index contributed by atoms with van der Waals surface area (Å²) >= 11 is 0. The van der Waals surface area contributed by atoms with E-state index >= 15 is 0 Å². The van der Waals surface area contributed by atoms with Crippen molar-refractivity contribution in [2.45, 2.75) is 58.1 Å². The molecule has 0 saturated carbocycles. The van der Waals surface area contributed by atoms with Crippen LogP contribution in [0.2, 0.25) is 0 Å². The average Bonchev–Trinajstić information content (AvgIpc) is 3.04. The van der Waals surface area contributed by atoms with Gasteiger partial charge in [-0.2, -0.15) is 0 Å². The van der Waals surface area contributed by atoms with Gasteiger partial charge in [0.1, 0.15) is 11.6 Å². The highest BCUT2D eigenvalue weighted by Gasteiger charge is 2.32. The van der Waals surface area contributed by atoms with Crippen LogP contribution in [0, 0.1) is 5.92 Å². The first-order valence-electron chi connectivity index (χ1n) is 12.2. The number of ether oxygens (including phenoxy) is 1. The highest BCUT2D eigenvalue weighted by molar-refractivity contribution is 6.00. The Morgan fingerprint density at radius 1 is 1.14 bits per heavy atom. The van der Waals surface area contributed by atoms with E-state index in [9.17, 15) is 19.2 Å². The fourth-order valence-corrected chi connectivity index (χ4v) is 5.06. The third-order valence-electron chi connectivity index (χ3n) is 6.80. The van der Waals surface area contributed by atoms with Crippen LogP contribution in [0.15, 0.2) is 23.0 Å². The van der Waals surface area contributed by atoms with Crippen LogP contribution in [0.25, 0.3) is 11.0 Å². The summed E-state index contributed by atoms with van der Waals surface area (Å²) in [6, 6.07) is 5.06. The Morgan fingerprint density at radius 2 is 1.83 bits per heavy atom. The quantitative estimate of drug-likeness (QED) is 0.667. The van der Waals surface area contributed by atoms with Crippen molar-refractivity contribution in [2.75, 3.05) is 31.6 Å². The number of hydrogen-bond acceptors (Lipinski definition) is 6. The van der Waals surface area contributed by atoms with Crippen molar-refractivity contribution in [3.63, 3.8) is 0 Å². The van der Waals surface area contributed by atoms with Crippen molar-refractivity contribution in [2.24, 2.45) is 13.0 Å². The molecular weight excluding hydrogens is 450 g/mol. The van der Waals surface area contributed by atoms with E-state index in [2.05, 4.69) is 10.2 Å². The molecule has 35 heavy (non-hydrogen) atoms. The molecule has 2 aliphatic heterocycles. The second kappa shape index (κ2) is 9.39. The lowest BCUT2D eigenvalue weighted by Gasteiger charge is -2.36. The molecule has 10 nitrogen and oxygen atoms in total. The third-order valence-corrected chi connectivity index (χ3v) is 6.80. The number of nitrogens with zero attached hydrogens (tertiary/aromatic N) is 4. The molecule has 1 unspecified atom stereocenters. The van der Waals surface area contributed by atoms with Crippen molar-refractivity contribution in [1.82, 2.24) is 19.4 Å². The van der Waals surface area contributed by atoms with E-state index < -0.39 is 17.6 Å². The Labute approximate surface area is 204 Å². The Hall–Kier alpha value is -3.30. The van der Waals surface area contributed by atoms with Gasteiger partial charge in [0.2, 0.25) is 11.8 Å². The van der Waals surface area contributed by atoms with Crippen LogP contribution < -0.4 is 15.9 Å². The summed E-state index contributed by atoms with van der Waals surface area (Å²) in [6.45, 7) is 7.81. The number of benzene rings is 1. The zero-order chi connectivity index (χ0) is 25.5. The maximum Gasteiger partial charge on any atom is 0.410 e. The molecule has 0 spiro atoms. The number of anilines is 1. The van der Waals surface area contributed by atoms with Crippen LogP contribution in [0.4, 0.5) is 10.5 Å². The number of aryl methyl sites for hydroxylation is 1. The van der Waals surface area contributed by atoms with E-state index in [1.807, 2.05) is 39.0 Å². The number of aromatic nitrogens is 2. The van der Waals surface area contributed by atoms with Gasteiger partial charge < -0.3 is 14.5 Å². The maximum atomic E-state index is 13.2. The van der Waals surface area contributed by atoms with Gasteiger partial charge >= 0.3 is 11.8 Å². The first-order valence-corrected chi connectivity index (χ1v) is 12.2. The molecule has 1 N–H and O–H groups in total. The Balaban J connectivity index is 1.51. The number of hydrogen-bond donors (Lipinski definition) is 1. The van der Waals surface area contributed by atoms with Gasteiger partial charge in [-0.3, -0.25) is 24.0 Å². The van der Waals surface area contributed by atoms with Gasteiger partial charge in [0, 0.05) is 40.2 Å². The first kappa shape index (κ1) is 24.8. The lowest BCUT2D eigenvalue weighted by atomic mass is 9.96. The molecule has 1 atom stereocenters. The van der Waals surface area contributed by atoms with Crippen molar-refractivity contribution >= 4 is 34.6 Å². The number of fused-ring (bicyclic) bond motifs is 1. The number of rotatable bonds is 4. The molecule has 190 valence electrons. The summed E-state index contributed by atoms with van der Waals surface area (Å²) in [4.78, 5) is 53.5. The molecule has 1 aromatic heterocycles. The summed E-state index contributed by atoms with van der Waals surface area (Å²) in [7, 11) is 3.49. The molecule has 2 aromatic rings. The molecule has 2 saturated heterocycles. The van der Waals surface area contributed by atoms with Crippen molar-refractivity contribution in [3.05, 3.63) is 28.7 Å². The highest BCUT2D eigenvalue weighted by Crippen LogP contribution is 2.32. The van der Waals surface area contributed by atoms with Gasteiger partial charge in [-0.25, -0.2) is 9.59 Å². The van der Waals surface area contributed by atoms with Crippen molar-refractivity contribution in [3.8, 4) is 0 Å². The van der Waals surface area contributed by atoms with E-state index in [4.69, 9.17) is 4.74 Å². The second-order valence-electron chi connectivity index (χ2n) is 10.6. The molecule has 2 aliphatic rings. The predicted molar refractivity (Wildman–Crippen MR) is 132 cm³/mol. The molecule has 3 heterocycles. The van der Waals surface area contributed by atoms with Crippen molar-refractivity contribution in [1.29, 1.82) is 0 Å². The lowest BCUT2D eigenvalue weighted by Crippen LogP contribution is -2.44. The fourth-order valence-electron chi connectivity index (χ4n) is 5.06. The lowest BCUT2D eigenvalue weighted by molar-refractivity contribution is -0.135. The summed E-state index contributed by atoms with van der Waals surface area (Å²) in [5.41, 5.74) is 1.64. The van der Waals surface area contributed by atoms with E-state index in [1.54, 1.807) is 23.6 Å². The maximum absolute atomic E-state index is 13.2. The number of carbonyl (C=O) groups is 3. The van der Waals surface area contributed by atoms with Crippen LogP contribution in [0.3, 0.4) is 0 Å². The minimum atomic E-state index is -0.701. The standard InChI is InChI=1S/C25H35N5O5/c1-25(2,3)35-24(34)27(4)15-16-11-13-29(14-12-16)17-7-6-8-18-21(17)28(5)23(33)30(18)19-9-10-20(31)26-22(19)32/h6-8,16,19H,9-15H2,1-5H3,(H,26,31,32). The molecule has 2 fully saturated rings. The summed E-state index contributed by atoms with van der Waals surface area (Å²) in [5, 5.41) is 2.35. The first-order chi connectivity index (χ1) is 16.5. The molecule has 0 radical (unpaired) electrons. The van der Waals surface area contributed by atoms with Gasteiger partial charge in [0.25, 0.3) is 0 Å². The Bertz CT molecular complexity index is 1200. The number of carbonyl (C=O) groups excluding carboxylic acids is 3. The smallest absolute Gasteiger partial charge is 0.410 e. The van der Waals surface area contributed by atoms with Crippen LogP contribution in [0.1, 0.15) is 52.5 Å². The van der Waals surface area contributed by atoms with Gasteiger partial charge in [-0.15, -0.1) is 0 Å². The number of nitrogens with one attached hydrogen (secondary N) is 1. The molecule has 10 heteroatoms. The molecule has 1 aromatic carbocycles. The van der Waals surface area contributed by atoms with Gasteiger partial charge in [0.05, 0.1) is 16.7 Å². The SMILES string of the molecule is CN(CC1CCN(c2cccc3c2n(C)c(=O)n3C2CCC(=O)NC2=O)CC1)C(=O)OC(C)(C)C. The minimum Gasteiger partial charge on any atom is -0.444 e. The van der Waals surface area contributed by atoms with Crippen LogP contribution in [-0.4, -0.2) is 64.2 Å². The number of imidazole rings is 1. The molecule has 4 rings (SSSR count). The number of imide groups is 1. The van der Waals surface area contributed by atoms with Crippen LogP contribution in [-0.2, 0) is 21.4 Å². The summed E-state index contributed by atoms with van der Waals surface area (Å²) in [5.74, 6) is -0.378. The largest absolute Gasteiger partial charge is 0.444 e. The monoisotopic (exact) mass is 485 g/mol. The molecule has 0 aliphatic carbocycles. The normalized spacial score (nSPS) is 19.7. The highest BCUT2D eigenvalue weighted by atomic mass is 16.6. The van der Waals surface area contributed by atoms with E-state index in [1.165, 1.54) is 4.57 Å². The third kappa shape index (κ3) is 5.06. The van der Waals surface area contributed by atoms with Crippen LogP contribution >= 0.6 is 0 Å². The Morgan fingerprint density at radius 3 is 2.46 bits per heavy atom. The van der Waals surface area contributed by atoms with Crippen LogP contribution in [0.5, 0.6) is 0 Å². The number of amides is 3. The zero-order valence-corrected chi connectivity index (χ0v) is 21.2. The zero-order valence-electron chi connectivity index (χ0n) is 21.2. The summed E-state index contributed by atoms with van der Waals surface area (Å²) in [6.07, 6.45) is 2.03. The van der Waals surface area contributed by atoms with E-state index in [0.29, 0.717) is 24.4 Å². The predicted octanol–water partition coefficient (Wildman–Crippen LogP) is 2.40. The van der Waals surface area contributed by atoms with Gasteiger partial charge in [0.15, 0.2) is 0 Å². The van der Waals surface area contributed by atoms with E-state index in [0.717, 1.165) is 37.1 Å². The van der Waals surface area contributed by atoms with E-state index in [-0.39, 0.29) is 24.1 Å². The van der Waals surface area contributed by atoms with Gasteiger partial charge in [-0.05, 0) is 58.1 Å². The topological polar surface area (TPSA) is 106 Å². The number of para-hydroxylation sites is 1. The summed E-state index contributed by atoms with van der Waals surface area (Å²) < 4.78 is 8.58. The minimum absolute atomic E-state index is 0.212. The molecule has 3 amide bonds. The molecular formula is C25H35N5O5. The molecule has 0 bridgehead atoms.